The Hall–Kier alpha value is -3.15. The zero-order chi connectivity index (χ0) is 22.2. The van der Waals surface area contributed by atoms with E-state index in [0.29, 0.717) is 24.7 Å². The Kier molecular flexibility index (Phi) is 7.82. The summed E-state index contributed by atoms with van der Waals surface area (Å²) in [4.78, 5) is 14.9. The first-order valence-electron chi connectivity index (χ1n) is 10.6. The summed E-state index contributed by atoms with van der Waals surface area (Å²) in [6.07, 6.45) is 6.19. The second-order valence-electron chi connectivity index (χ2n) is 7.39. The number of methoxy groups -OCH3 is 3. The molecule has 1 unspecified atom stereocenters. The van der Waals surface area contributed by atoms with Crippen molar-refractivity contribution in [3.05, 3.63) is 53.6 Å². The molecule has 1 atom stereocenters. The van der Waals surface area contributed by atoms with Crippen molar-refractivity contribution in [3.8, 4) is 23.0 Å². The van der Waals surface area contributed by atoms with Crippen LogP contribution in [0.15, 0.2) is 42.5 Å². The van der Waals surface area contributed by atoms with Gasteiger partial charge in [-0.05, 0) is 61.2 Å². The molecule has 1 fully saturated rings. The third kappa shape index (κ3) is 5.32. The highest BCUT2D eigenvalue weighted by Crippen LogP contribution is 2.39. The van der Waals surface area contributed by atoms with Crippen molar-refractivity contribution >= 4 is 12.0 Å². The molecule has 1 aliphatic rings. The summed E-state index contributed by atoms with van der Waals surface area (Å²) in [7, 11) is 4.90. The number of ether oxygens (including phenoxy) is 4. The van der Waals surface area contributed by atoms with Crippen LogP contribution in [0.2, 0.25) is 0 Å². The summed E-state index contributed by atoms with van der Waals surface area (Å²) < 4.78 is 22.0. The van der Waals surface area contributed by atoms with Crippen LogP contribution in [0.25, 0.3) is 6.08 Å². The molecule has 166 valence electrons. The van der Waals surface area contributed by atoms with Gasteiger partial charge in [0.15, 0.2) is 11.5 Å². The minimum Gasteiger partial charge on any atom is -0.497 e. The van der Waals surface area contributed by atoms with Crippen molar-refractivity contribution in [1.82, 2.24) is 4.90 Å². The number of hydrogen-bond acceptors (Lipinski definition) is 5. The van der Waals surface area contributed by atoms with Gasteiger partial charge in [0.25, 0.3) is 0 Å². The molecule has 0 aromatic heterocycles. The molecule has 2 aromatic rings. The number of carbonyl (C=O) groups excluding carboxylic acids is 1. The van der Waals surface area contributed by atoms with Crippen molar-refractivity contribution in [1.29, 1.82) is 0 Å². The van der Waals surface area contributed by atoms with Crippen molar-refractivity contribution < 1.29 is 23.7 Å². The maximum absolute atomic E-state index is 13.0. The molecule has 3 rings (SSSR count). The summed E-state index contributed by atoms with van der Waals surface area (Å²) >= 11 is 0. The van der Waals surface area contributed by atoms with E-state index in [9.17, 15) is 4.79 Å². The number of likely N-dealkylation sites (tertiary alicyclic amines) is 1. The standard InChI is InChI=1S/C25H31NO5/c1-5-15-31-23-11-8-18(16-24(23)30-4)9-13-25(27)26-14-6-7-21(26)20-17-19(28-2)10-12-22(20)29-3/h8-13,16-17,21H,5-7,14-15H2,1-4H3/b13-9+. The number of hydrogen-bond donors (Lipinski definition) is 0. The number of amides is 1. The van der Waals surface area contributed by atoms with Crippen LogP contribution in [0, 0.1) is 0 Å². The molecular weight excluding hydrogens is 394 g/mol. The molecule has 0 N–H and O–H groups in total. The van der Waals surface area contributed by atoms with E-state index in [1.807, 2.05) is 47.4 Å². The van der Waals surface area contributed by atoms with Crippen molar-refractivity contribution in [2.75, 3.05) is 34.5 Å². The van der Waals surface area contributed by atoms with Crippen LogP contribution in [0.3, 0.4) is 0 Å². The van der Waals surface area contributed by atoms with Gasteiger partial charge >= 0.3 is 0 Å². The fourth-order valence-electron chi connectivity index (χ4n) is 3.84. The molecule has 31 heavy (non-hydrogen) atoms. The maximum atomic E-state index is 13.0. The first kappa shape index (κ1) is 22.5. The van der Waals surface area contributed by atoms with Crippen molar-refractivity contribution in [2.24, 2.45) is 0 Å². The monoisotopic (exact) mass is 425 g/mol. The van der Waals surface area contributed by atoms with E-state index in [1.165, 1.54) is 0 Å². The summed E-state index contributed by atoms with van der Waals surface area (Å²) in [5.74, 6) is 2.85. The fraction of sp³-hybridized carbons (Fsp3) is 0.400. The average Bonchev–Trinajstić information content (AvgIpc) is 3.30. The van der Waals surface area contributed by atoms with Gasteiger partial charge in [-0.3, -0.25) is 4.79 Å². The maximum Gasteiger partial charge on any atom is 0.247 e. The van der Waals surface area contributed by atoms with Gasteiger partial charge in [0.1, 0.15) is 11.5 Å². The zero-order valence-electron chi connectivity index (χ0n) is 18.7. The average molecular weight is 426 g/mol. The molecule has 1 saturated heterocycles. The molecule has 0 aliphatic carbocycles. The summed E-state index contributed by atoms with van der Waals surface area (Å²) in [6.45, 7) is 3.40. The number of rotatable bonds is 9. The molecule has 0 saturated carbocycles. The molecule has 1 aliphatic heterocycles. The molecule has 6 heteroatoms. The number of benzene rings is 2. The fourth-order valence-corrected chi connectivity index (χ4v) is 3.84. The lowest BCUT2D eigenvalue weighted by Crippen LogP contribution is -2.29. The highest BCUT2D eigenvalue weighted by Gasteiger charge is 2.31. The first-order valence-corrected chi connectivity index (χ1v) is 10.6. The van der Waals surface area contributed by atoms with Crippen LogP contribution in [-0.2, 0) is 4.79 Å². The van der Waals surface area contributed by atoms with Gasteiger partial charge in [-0.2, -0.15) is 0 Å². The molecule has 6 nitrogen and oxygen atoms in total. The molecule has 2 aromatic carbocycles. The zero-order valence-corrected chi connectivity index (χ0v) is 18.7. The highest BCUT2D eigenvalue weighted by atomic mass is 16.5. The van der Waals surface area contributed by atoms with E-state index < -0.39 is 0 Å². The molecule has 0 spiro atoms. The van der Waals surface area contributed by atoms with Crippen molar-refractivity contribution in [3.63, 3.8) is 0 Å². The van der Waals surface area contributed by atoms with Gasteiger partial charge in [-0.25, -0.2) is 0 Å². The summed E-state index contributed by atoms with van der Waals surface area (Å²) in [5.41, 5.74) is 1.85. The quantitative estimate of drug-likeness (QED) is 0.536. The molecule has 0 radical (unpaired) electrons. The predicted octanol–water partition coefficient (Wildman–Crippen LogP) is 4.88. The van der Waals surface area contributed by atoms with E-state index in [-0.39, 0.29) is 11.9 Å². The smallest absolute Gasteiger partial charge is 0.247 e. The molecular formula is C25H31NO5. The van der Waals surface area contributed by atoms with Crippen LogP contribution >= 0.6 is 0 Å². The molecule has 1 amide bonds. The van der Waals surface area contributed by atoms with Gasteiger partial charge in [-0.1, -0.05) is 13.0 Å². The Bertz CT molecular complexity index is 924. The van der Waals surface area contributed by atoms with Gasteiger partial charge in [0.2, 0.25) is 5.91 Å². The highest BCUT2D eigenvalue weighted by molar-refractivity contribution is 5.92. The Morgan fingerprint density at radius 2 is 1.81 bits per heavy atom. The number of carbonyl (C=O) groups is 1. The minimum atomic E-state index is -0.0402. The summed E-state index contributed by atoms with van der Waals surface area (Å²) in [5, 5.41) is 0. The second-order valence-corrected chi connectivity index (χ2v) is 7.39. The number of nitrogens with zero attached hydrogens (tertiary/aromatic N) is 1. The lowest BCUT2D eigenvalue weighted by Gasteiger charge is -2.25. The largest absolute Gasteiger partial charge is 0.497 e. The lowest BCUT2D eigenvalue weighted by molar-refractivity contribution is -0.126. The van der Waals surface area contributed by atoms with Gasteiger partial charge in [-0.15, -0.1) is 0 Å². The van der Waals surface area contributed by atoms with Gasteiger partial charge in [0, 0.05) is 18.2 Å². The van der Waals surface area contributed by atoms with Crippen LogP contribution in [0.1, 0.15) is 43.4 Å². The van der Waals surface area contributed by atoms with Crippen molar-refractivity contribution in [2.45, 2.75) is 32.2 Å². The van der Waals surface area contributed by atoms with Gasteiger partial charge in [0.05, 0.1) is 34.0 Å². The van der Waals surface area contributed by atoms with E-state index in [0.717, 1.165) is 41.9 Å². The van der Waals surface area contributed by atoms with E-state index >= 15 is 0 Å². The topological polar surface area (TPSA) is 57.2 Å². The Balaban J connectivity index is 1.78. The Morgan fingerprint density at radius 3 is 2.52 bits per heavy atom. The minimum absolute atomic E-state index is 0.0300. The van der Waals surface area contributed by atoms with Crippen LogP contribution in [0.5, 0.6) is 23.0 Å². The third-order valence-electron chi connectivity index (χ3n) is 5.40. The Labute approximate surface area is 184 Å². The first-order chi connectivity index (χ1) is 15.1. The predicted molar refractivity (Wildman–Crippen MR) is 121 cm³/mol. The lowest BCUT2D eigenvalue weighted by atomic mass is 10.0. The molecule has 1 heterocycles. The Morgan fingerprint density at radius 1 is 1.03 bits per heavy atom. The SMILES string of the molecule is CCCOc1ccc(/C=C/C(=O)N2CCCC2c2cc(OC)ccc2OC)cc1OC. The van der Waals surface area contributed by atoms with E-state index in [2.05, 4.69) is 6.92 Å². The molecule has 0 bridgehead atoms. The van der Waals surface area contributed by atoms with Gasteiger partial charge < -0.3 is 23.8 Å². The summed E-state index contributed by atoms with van der Waals surface area (Å²) in [6, 6.07) is 11.3. The van der Waals surface area contributed by atoms with Crippen LogP contribution in [0.4, 0.5) is 0 Å². The second kappa shape index (κ2) is 10.8. The van der Waals surface area contributed by atoms with E-state index in [1.54, 1.807) is 27.4 Å². The van der Waals surface area contributed by atoms with E-state index in [4.69, 9.17) is 18.9 Å². The van der Waals surface area contributed by atoms with Crippen LogP contribution < -0.4 is 18.9 Å². The third-order valence-corrected chi connectivity index (χ3v) is 5.40. The normalized spacial score (nSPS) is 15.9. The van der Waals surface area contributed by atoms with Crippen LogP contribution in [-0.4, -0.2) is 45.3 Å².